The fourth-order valence-electron chi connectivity index (χ4n) is 11.6. The molecule has 0 spiro atoms. The van der Waals surface area contributed by atoms with Crippen LogP contribution in [-0.2, 0) is 9.53 Å². The average Bonchev–Trinajstić information content (AvgIpc) is 2.80. The highest BCUT2D eigenvalue weighted by atomic mass is 16.5. The highest BCUT2D eigenvalue weighted by Gasteiger charge is 2.72. The smallest absolute Gasteiger partial charge is 0.311 e. The summed E-state index contributed by atoms with van der Waals surface area (Å²) in [7, 11) is 0. The molecule has 4 saturated carbocycles. The average molecular weight is 525 g/mol. The highest BCUT2D eigenvalue weighted by molar-refractivity contribution is 5.77. The van der Waals surface area contributed by atoms with Crippen LogP contribution < -0.4 is 0 Å². The number of esters is 1. The fourth-order valence-corrected chi connectivity index (χ4v) is 11.6. The van der Waals surface area contributed by atoms with Gasteiger partial charge < -0.3 is 9.84 Å². The summed E-state index contributed by atoms with van der Waals surface area (Å²) in [5.41, 5.74) is 2.09. The Hall–Kier alpha value is -1.09. The van der Waals surface area contributed by atoms with E-state index in [0.717, 1.165) is 38.5 Å². The van der Waals surface area contributed by atoms with E-state index in [-0.39, 0.29) is 38.5 Å². The predicted octanol–water partition coefficient (Wildman–Crippen LogP) is 8.66. The van der Waals surface area contributed by atoms with E-state index in [1.165, 1.54) is 24.8 Å². The zero-order valence-electron chi connectivity index (χ0n) is 26.3. The number of hydrogen-bond acceptors (Lipinski definition) is 3. The van der Waals surface area contributed by atoms with Gasteiger partial charge in [-0.15, -0.1) is 0 Å². The molecule has 0 amide bonds. The van der Waals surface area contributed by atoms with Crippen LogP contribution in [0.3, 0.4) is 0 Å². The van der Waals surface area contributed by atoms with Crippen LogP contribution in [0.4, 0.5) is 0 Å². The minimum absolute atomic E-state index is 0.0145. The molecule has 0 aromatic rings. The molecule has 5 rings (SSSR count). The third-order valence-corrected chi connectivity index (χ3v) is 14.9. The first-order valence-corrected chi connectivity index (χ1v) is 15.6. The highest BCUT2D eigenvalue weighted by Crippen LogP contribution is 2.79. The van der Waals surface area contributed by atoms with Crippen LogP contribution in [0.25, 0.3) is 0 Å². The van der Waals surface area contributed by atoms with Crippen molar-refractivity contribution in [1.29, 1.82) is 0 Å². The van der Waals surface area contributed by atoms with Crippen molar-refractivity contribution in [1.82, 2.24) is 0 Å². The van der Waals surface area contributed by atoms with Crippen LogP contribution in [0.1, 0.15) is 127 Å². The molecule has 5 aliphatic rings. The number of rotatable bonds is 2. The molecule has 0 aromatic carbocycles. The molecule has 9 atom stereocenters. The van der Waals surface area contributed by atoms with E-state index in [2.05, 4.69) is 68.4 Å². The van der Waals surface area contributed by atoms with Gasteiger partial charge in [0, 0.05) is 0 Å². The standard InChI is InChI=1S/C35H56O3/c1-12-38-27(36)29(5)15-16-30(6)17-19-32(8)25(34(30,10)22-29)21-23(2)26-31(7)18-20-35(11,37)28(3,4)24(31)13-14-33(26,32)9/h21,24,26,37H,2,12-20,22H2,1,3-11H3/t24-,26?,29-,30?,31-,32+,33+,34+,35?/m0/s1. The Kier molecular flexibility index (Phi) is 6.00. The van der Waals surface area contributed by atoms with Gasteiger partial charge in [-0.05, 0) is 123 Å². The summed E-state index contributed by atoms with van der Waals surface area (Å²) in [6.45, 7) is 28.8. The first-order valence-electron chi connectivity index (χ1n) is 15.6. The number of carbonyl (C=O) groups is 1. The van der Waals surface area contributed by atoms with E-state index >= 15 is 0 Å². The number of hydrogen-bond donors (Lipinski definition) is 1. The lowest BCUT2D eigenvalue weighted by Crippen LogP contribution is -2.67. The number of allylic oxidation sites excluding steroid dienone is 3. The lowest BCUT2D eigenvalue weighted by molar-refractivity contribution is -0.224. The molecular formula is C35H56O3. The van der Waals surface area contributed by atoms with Crippen molar-refractivity contribution in [3.05, 3.63) is 23.8 Å². The Bertz CT molecular complexity index is 1080. The van der Waals surface area contributed by atoms with Gasteiger partial charge in [0.1, 0.15) is 0 Å². The molecule has 3 unspecified atom stereocenters. The lowest BCUT2D eigenvalue weighted by atomic mass is 9.30. The normalized spacial score (nSPS) is 53.6. The summed E-state index contributed by atoms with van der Waals surface area (Å²) in [5.74, 6) is 0.864. The molecule has 3 heteroatoms. The van der Waals surface area contributed by atoms with Crippen molar-refractivity contribution in [3.63, 3.8) is 0 Å². The van der Waals surface area contributed by atoms with Crippen LogP contribution in [0.5, 0.6) is 0 Å². The van der Waals surface area contributed by atoms with Crippen molar-refractivity contribution in [2.24, 2.45) is 49.7 Å². The first-order chi connectivity index (χ1) is 17.3. The molecule has 0 saturated heterocycles. The van der Waals surface area contributed by atoms with Crippen molar-refractivity contribution >= 4 is 5.97 Å². The van der Waals surface area contributed by atoms with E-state index in [1.54, 1.807) is 5.57 Å². The Labute approximate surface area is 233 Å². The summed E-state index contributed by atoms with van der Waals surface area (Å²) in [6.07, 6.45) is 12.1. The molecular weight excluding hydrogens is 468 g/mol. The SMILES string of the molecule is C=C1C=C2[C@@]3(C)C[C@@](C)(C(=O)OCC)CCC3(C)CC[C@@]2(C)[C@]2(C)CC[C@H]3C(C)(C)C(C)(O)CC[C@]3(C)C12. The maximum absolute atomic E-state index is 13.3. The largest absolute Gasteiger partial charge is 0.466 e. The van der Waals surface area contributed by atoms with Gasteiger partial charge in [0.25, 0.3) is 0 Å². The fraction of sp³-hybridized carbons (Fsp3) is 0.857. The molecule has 1 N–H and O–H groups in total. The molecule has 4 fully saturated rings. The number of ether oxygens (including phenoxy) is 1. The Balaban J connectivity index is 1.63. The van der Waals surface area contributed by atoms with Crippen LogP contribution in [-0.4, -0.2) is 23.3 Å². The molecule has 0 bridgehead atoms. The second kappa shape index (κ2) is 8.01. The Morgan fingerprint density at radius 2 is 1.55 bits per heavy atom. The van der Waals surface area contributed by atoms with Crippen molar-refractivity contribution < 1.29 is 14.6 Å². The topological polar surface area (TPSA) is 46.5 Å². The molecule has 0 heterocycles. The third kappa shape index (κ3) is 3.21. The van der Waals surface area contributed by atoms with E-state index in [4.69, 9.17) is 11.3 Å². The maximum atomic E-state index is 13.3. The second-order valence-corrected chi connectivity index (χ2v) is 16.8. The van der Waals surface area contributed by atoms with Crippen molar-refractivity contribution in [3.8, 4) is 0 Å². The first kappa shape index (κ1) is 28.4. The van der Waals surface area contributed by atoms with Gasteiger partial charge >= 0.3 is 5.97 Å². The van der Waals surface area contributed by atoms with Crippen molar-refractivity contribution in [2.45, 2.75) is 133 Å². The zero-order chi connectivity index (χ0) is 28.4. The van der Waals surface area contributed by atoms with Gasteiger partial charge in [0.05, 0.1) is 17.6 Å². The van der Waals surface area contributed by atoms with Crippen LogP contribution >= 0.6 is 0 Å². The summed E-state index contributed by atoms with van der Waals surface area (Å²) >= 11 is 0. The number of aliphatic hydroxyl groups is 1. The minimum atomic E-state index is -0.633. The van der Waals surface area contributed by atoms with E-state index < -0.39 is 11.0 Å². The van der Waals surface area contributed by atoms with Crippen LogP contribution in [0, 0.1) is 49.7 Å². The minimum Gasteiger partial charge on any atom is -0.466 e. The quantitative estimate of drug-likeness (QED) is 0.368. The summed E-state index contributed by atoms with van der Waals surface area (Å²) < 4.78 is 5.64. The molecule has 0 aliphatic heterocycles. The molecule has 0 radical (unpaired) electrons. The number of carbonyl (C=O) groups excluding carboxylic acids is 1. The Morgan fingerprint density at radius 3 is 2.18 bits per heavy atom. The van der Waals surface area contributed by atoms with Gasteiger partial charge in [0.2, 0.25) is 0 Å². The van der Waals surface area contributed by atoms with Gasteiger partial charge in [0.15, 0.2) is 0 Å². The summed E-state index contributed by atoms with van der Waals surface area (Å²) in [4.78, 5) is 13.3. The molecule has 38 heavy (non-hydrogen) atoms. The summed E-state index contributed by atoms with van der Waals surface area (Å²) in [5, 5.41) is 11.5. The van der Waals surface area contributed by atoms with E-state index in [0.29, 0.717) is 18.4 Å². The molecule has 214 valence electrons. The number of fused-ring (bicyclic) bond motifs is 7. The zero-order valence-corrected chi connectivity index (χ0v) is 26.3. The lowest BCUT2D eigenvalue weighted by Gasteiger charge is -2.74. The predicted molar refractivity (Wildman–Crippen MR) is 155 cm³/mol. The van der Waals surface area contributed by atoms with Gasteiger partial charge in [-0.2, -0.15) is 0 Å². The molecule has 5 aliphatic carbocycles. The van der Waals surface area contributed by atoms with E-state index in [1.807, 2.05) is 6.92 Å². The van der Waals surface area contributed by atoms with Gasteiger partial charge in [-0.25, -0.2) is 0 Å². The van der Waals surface area contributed by atoms with Gasteiger partial charge in [-0.3, -0.25) is 4.79 Å². The van der Waals surface area contributed by atoms with Crippen LogP contribution in [0.2, 0.25) is 0 Å². The second-order valence-electron chi connectivity index (χ2n) is 16.8. The van der Waals surface area contributed by atoms with Gasteiger partial charge in [-0.1, -0.05) is 72.3 Å². The monoisotopic (exact) mass is 524 g/mol. The third-order valence-electron chi connectivity index (χ3n) is 14.9. The molecule has 3 nitrogen and oxygen atoms in total. The van der Waals surface area contributed by atoms with Crippen LogP contribution in [0.15, 0.2) is 23.8 Å². The maximum Gasteiger partial charge on any atom is 0.311 e. The van der Waals surface area contributed by atoms with E-state index in [9.17, 15) is 9.90 Å². The Morgan fingerprint density at radius 1 is 0.921 bits per heavy atom. The summed E-state index contributed by atoms with van der Waals surface area (Å²) in [6, 6.07) is 0. The molecule has 0 aromatic heterocycles. The van der Waals surface area contributed by atoms with Crippen molar-refractivity contribution in [2.75, 3.05) is 6.61 Å².